The Labute approximate surface area is 146 Å². The molecule has 0 bridgehead atoms. The predicted octanol–water partition coefficient (Wildman–Crippen LogP) is -0.196. The maximum atomic E-state index is 12.1. The van der Waals surface area contributed by atoms with E-state index in [4.69, 9.17) is 15.2 Å². The van der Waals surface area contributed by atoms with Crippen LogP contribution in [0.3, 0.4) is 0 Å². The quantitative estimate of drug-likeness (QED) is 0.629. The fourth-order valence-corrected chi connectivity index (χ4v) is 2.72. The van der Waals surface area contributed by atoms with Crippen LogP contribution in [0.1, 0.15) is 18.4 Å². The number of hydrogen-bond acceptors (Lipinski definition) is 6. The monoisotopic (exact) mass is 349 g/mol. The maximum absolute atomic E-state index is 12.1. The summed E-state index contributed by atoms with van der Waals surface area (Å²) in [5.41, 5.74) is 5.91. The van der Waals surface area contributed by atoms with Crippen LogP contribution < -0.4 is 15.8 Å². The first-order chi connectivity index (χ1) is 12.0. The molecular formula is C17H23N3O5. The summed E-state index contributed by atoms with van der Waals surface area (Å²) in [4.78, 5) is 36.3. The number of nitrogens with two attached hydrogens (primary N) is 1. The van der Waals surface area contributed by atoms with Crippen molar-refractivity contribution in [3.05, 3.63) is 29.8 Å². The highest BCUT2D eigenvalue weighted by Crippen LogP contribution is 2.17. The first-order valence-corrected chi connectivity index (χ1v) is 8.08. The van der Waals surface area contributed by atoms with Crippen LogP contribution in [0.5, 0.6) is 5.75 Å². The maximum Gasteiger partial charge on any atom is 0.323 e. The highest BCUT2D eigenvalue weighted by molar-refractivity contribution is 5.80. The van der Waals surface area contributed by atoms with Crippen LogP contribution in [0.2, 0.25) is 0 Å². The van der Waals surface area contributed by atoms with Gasteiger partial charge in [-0.25, -0.2) is 0 Å². The number of benzene rings is 1. The van der Waals surface area contributed by atoms with Crippen molar-refractivity contribution in [1.82, 2.24) is 10.2 Å². The van der Waals surface area contributed by atoms with Gasteiger partial charge >= 0.3 is 5.97 Å². The van der Waals surface area contributed by atoms with Crippen LogP contribution in [0.4, 0.5) is 0 Å². The lowest BCUT2D eigenvalue weighted by atomic mass is 10.2. The molecular weight excluding hydrogens is 326 g/mol. The molecule has 1 aliphatic heterocycles. The number of methoxy groups -OCH3 is 1. The molecule has 1 saturated heterocycles. The normalized spacial score (nSPS) is 17.1. The number of rotatable bonds is 8. The zero-order chi connectivity index (χ0) is 18.2. The molecule has 1 atom stereocenters. The fraction of sp³-hybridized carbons (Fsp3) is 0.471. The lowest BCUT2D eigenvalue weighted by Gasteiger charge is -2.21. The van der Waals surface area contributed by atoms with Gasteiger partial charge in [0.1, 0.15) is 11.8 Å². The number of ether oxygens (including phenoxy) is 2. The Morgan fingerprint density at radius 3 is 2.64 bits per heavy atom. The van der Waals surface area contributed by atoms with Gasteiger partial charge in [-0.3, -0.25) is 19.3 Å². The van der Waals surface area contributed by atoms with Gasteiger partial charge in [-0.05, 0) is 37.1 Å². The molecule has 2 amide bonds. The van der Waals surface area contributed by atoms with Crippen LogP contribution in [0, 0.1) is 0 Å². The Morgan fingerprint density at radius 1 is 1.28 bits per heavy atom. The number of carbonyl (C=O) groups is 3. The van der Waals surface area contributed by atoms with Crippen molar-refractivity contribution in [3.8, 4) is 5.75 Å². The minimum absolute atomic E-state index is 0.148. The minimum atomic E-state index is -0.538. The van der Waals surface area contributed by atoms with Crippen molar-refractivity contribution in [2.24, 2.45) is 5.73 Å². The summed E-state index contributed by atoms with van der Waals surface area (Å²) >= 11 is 0. The van der Waals surface area contributed by atoms with E-state index in [0.29, 0.717) is 25.3 Å². The van der Waals surface area contributed by atoms with E-state index in [1.54, 1.807) is 24.3 Å². The predicted molar refractivity (Wildman–Crippen MR) is 89.6 cm³/mol. The SMILES string of the molecule is COC(=O)[C@@H]1CCCN1CC(=O)NCc1ccc(OCC(N)=O)cc1. The minimum Gasteiger partial charge on any atom is -0.484 e. The van der Waals surface area contributed by atoms with E-state index < -0.39 is 5.91 Å². The zero-order valence-electron chi connectivity index (χ0n) is 14.2. The average molecular weight is 349 g/mol. The van der Waals surface area contributed by atoms with Gasteiger partial charge in [-0.15, -0.1) is 0 Å². The van der Waals surface area contributed by atoms with Gasteiger partial charge in [-0.2, -0.15) is 0 Å². The van der Waals surface area contributed by atoms with Crippen molar-refractivity contribution in [2.75, 3.05) is 26.8 Å². The Hall–Kier alpha value is -2.61. The largest absolute Gasteiger partial charge is 0.484 e. The van der Waals surface area contributed by atoms with Crippen molar-refractivity contribution in [1.29, 1.82) is 0 Å². The second-order valence-corrected chi connectivity index (χ2v) is 5.83. The molecule has 8 nitrogen and oxygen atoms in total. The topological polar surface area (TPSA) is 111 Å². The summed E-state index contributed by atoms with van der Waals surface area (Å²) < 4.78 is 9.94. The van der Waals surface area contributed by atoms with E-state index in [9.17, 15) is 14.4 Å². The lowest BCUT2D eigenvalue weighted by Crippen LogP contribution is -2.43. The van der Waals surface area contributed by atoms with E-state index in [0.717, 1.165) is 12.0 Å². The van der Waals surface area contributed by atoms with E-state index in [-0.39, 0.29) is 31.1 Å². The van der Waals surface area contributed by atoms with Gasteiger partial charge in [0.2, 0.25) is 5.91 Å². The van der Waals surface area contributed by atoms with Crippen LogP contribution in [-0.2, 0) is 25.7 Å². The van der Waals surface area contributed by atoms with Gasteiger partial charge in [0, 0.05) is 6.54 Å². The Kier molecular flexibility index (Phi) is 6.76. The van der Waals surface area contributed by atoms with Crippen LogP contribution >= 0.6 is 0 Å². The van der Waals surface area contributed by atoms with Crippen molar-refractivity contribution < 1.29 is 23.9 Å². The number of nitrogens with one attached hydrogen (secondary N) is 1. The summed E-state index contributed by atoms with van der Waals surface area (Å²) in [5.74, 6) is -0.447. The highest BCUT2D eigenvalue weighted by atomic mass is 16.5. The van der Waals surface area contributed by atoms with E-state index >= 15 is 0 Å². The zero-order valence-corrected chi connectivity index (χ0v) is 14.2. The molecule has 0 saturated carbocycles. The van der Waals surface area contributed by atoms with Gasteiger partial charge < -0.3 is 20.5 Å². The third-order valence-corrected chi connectivity index (χ3v) is 3.98. The number of carbonyl (C=O) groups excluding carboxylic acids is 3. The molecule has 0 aliphatic carbocycles. The van der Waals surface area contributed by atoms with Crippen LogP contribution in [0.15, 0.2) is 24.3 Å². The smallest absolute Gasteiger partial charge is 0.323 e. The number of likely N-dealkylation sites (tertiary alicyclic amines) is 1. The number of nitrogens with zero attached hydrogens (tertiary/aromatic N) is 1. The standard InChI is InChI=1S/C17H23N3O5/c1-24-17(23)14-3-2-8-20(14)10-16(22)19-9-12-4-6-13(7-5-12)25-11-15(18)21/h4-7,14H,2-3,8-11H2,1H3,(H2,18,21)(H,19,22)/t14-/m0/s1. The number of primary amides is 1. The summed E-state index contributed by atoms with van der Waals surface area (Å²) in [7, 11) is 1.36. The highest BCUT2D eigenvalue weighted by Gasteiger charge is 2.32. The Balaban J connectivity index is 1.77. The summed E-state index contributed by atoms with van der Waals surface area (Å²) in [5, 5.41) is 2.83. The van der Waals surface area contributed by atoms with Gasteiger partial charge in [0.15, 0.2) is 6.61 Å². The van der Waals surface area contributed by atoms with Crippen LogP contribution in [0.25, 0.3) is 0 Å². The molecule has 1 heterocycles. The molecule has 0 aromatic heterocycles. The van der Waals surface area contributed by atoms with Gasteiger partial charge in [0.25, 0.3) is 5.91 Å². The van der Waals surface area contributed by atoms with Gasteiger partial charge in [0.05, 0.1) is 13.7 Å². The molecule has 1 aromatic rings. The number of esters is 1. The second-order valence-electron chi connectivity index (χ2n) is 5.83. The average Bonchev–Trinajstić information content (AvgIpc) is 3.06. The molecule has 2 rings (SSSR count). The Morgan fingerprint density at radius 2 is 2.00 bits per heavy atom. The second kappa shape index (κ2) is 9.03. The molecule has 0 unspecified atom stereocenters. The van der Waals surface area contributed by atoms with Crippen molar-refractivity contribution in [2.45, 2.75) is 25.4 Å². The van der Waals surface area contributed by atoms with Crippen LogP contribution in [-0.4, -0.2) is 55.5 Å². The molecule has 8 heteroatoms. The molecule has 0 spiro atoms. The fourth-order valence-electron chi connectivity index (χ4n) is 2.72. The molecule has 25 heavy (non-hydrogen) atoms. The molecule has 136 valence electrons. The third-order valence-electron chi connectivity index (χ3n) is 3.98. The molecule has 1 fully saturated rings. The van der Waals surface area contributed by atoms with E-state index in [2.05, 4.69) is 5.32 Å². The summed E-state index contributed by atoms with van der Waals surface area (Å²) in [6.07, 6.45) is 1.59. The van der Waals surface area contributed by atoms with E-state index in [1.807, 2.05) is 4.90 Å². The van der Waals surface area contributed by atoms with Crippen molar-refractivity contribution >= 4 is 17.8 Å². The summed E-state index contributed by atoms with van der Waals surface area (Å²) in [6.45, 7) is 1.07. The van der Waals surface area contributed by atoms with Crippen molar-refractivity contribution in [3.63, 3.8) is 0 Å². The molecule has 1 aromatic carbocycles. The first kappa shape index (κ1) is 18.7. The summed E-state index contributed by atoms with van der Waals surface area (Å²) in [6, 6.07) is 6.67. The Bertz CT molecular complexity index is 617. The van der Waals surface area contributed by atoms with E-state index in [1.165, 1.54) is 7.11 Å². The first-order valence-electron chi connectivity index (χ1n) is 8.08. The number of hydrogen-bond donors (Lipinski definition) is 2. The van der Waals surface area contributed by atoms with Gasteiger partial charge in [-0.1, -0.05) is 12.1 Å². The molecule has 3 N–H and O–H groups in total. The molecule has 1 aliphatic rings. The lowest BCUT2D eigenvalue weighted by molar-refractivity contribution is -0.146. The number of amides is 2. The third kappa shape index (κ3) is 5.75. The molecule has 0 radical (unpaired) electrons.